The van der Waals surface area contributed by atoms with Crippen LogP contribution in [0.1, 0.15) is 35.2 Å². The number of amides is 1. The van der Waals surface area contributed by atoms with E-state index >= 15 is 0 Å². The number of halogens is 1. The Morgan fingerprint density at radius 1 is 1.24 bits per heavy atom. The quantitative estimate of drug-likeness (QED) is 0.885. The van der Waals surface area contributed by atoms with Gasteiger partial charge in [0.25, 0.3) is 5.91 Å². The highest BCUT2D eigenvalue weighted by Crippen LogP contribution is 2.23. The molecule has 1 fully saturated rings. The highest BCUT2D eigenvalue weighted by molar-refractivity contribution is 6.30. The lowest BCUT2D eigenvalue weighted by Gasteiger charge is -2.27. The number of hydrogen-bond acceptors (Lipinski definition) is 4. The molecule has 6 heteroatoms. The zero-order valence-electron chi connectivity index (χ0n) is 14.3. The predicted molar refractivity (Wildman–Crippen MR) is 99.5 cm³/mol. The summed E-state index contributed by atoms with van der Waals surface area (Å²) in [5.41, 5.74) is 1.42. The van der Waals surface area contributed by atoms with Gasteiger partial charge in [0.05, 0.1) is 12.7 Å². The summed E-state index contributed by atoms with van der Waals surface area (Å²) < 4.78 is 5.22. The molecule has 1 N–H and O–H groups in total. The van der Waals surface area contributed by atoms with Crippen molar-refractivity contribution in [1.82, 2.24) is 10.3 Å². The maximum atomic E-state index is 12.4. The molecule has 1 saturated heterocycles. The highest BCUT2D eigenvalue weighted by Gasteiger charge is 2.14. The fourth-order valence-electron chi connectivity index (χ4n) is 2.96. The molecule has 0 bridgehead atoms. The number of pyridine rings is 1. The zero-order chi connectivity index (χ0) is 17.6. The van der Waals surface area contributed by atoms with Gasteiger partial charge in [-0.2, -0.15) is 0 Å². The minimum Gasteiger partial charge on any atom is -0.496 e. The number of nitrogens with zero attached hydrogens (tertiary/aromatic N) is 2. The summed E-state index contributed by atoms with van der Waals surface area (Å²) in [4.78, 5) is 19.2. The summed E-state index contributed by atoms with van der Waals surface area (Å²) in [6.45, 7) is 2.55. The van der Waals surface area contributed by atoms with E-state index in [4.69, 9.17) is 16.3 Å². The first kappa shape index (κ1) is 17.5. The molecule has 5 nitrogen and oxygen atoms in total. The van der Waals surface area contributed by atoms with Crippen molar-refractivity contribution in [2.45, 2.75) is 25.8 Å². The van der Waals surface area contributed by atoms with E-state index in [0.29, 0.717) is 22.9 Å². The number of hydrogen-bond donors (Lipinski definition) is 1. The molecule has 1 aromatic heterocycles. The molecule has 2 heterocycles. The van der Waals surface area contributed by atoms with Gasteiger partial charge in [0.1, 0.15) is 11.6 Å². The number of carbonyl (C=O) groups excluding carboxylic acids is 1. The van der Waals surface area contributed by atoms with Gasteiger partial charge >= 0.3 is 0 Å². The second-order valence-corrected chi connectivity index (χ2v) is 6.54. The second-order valence-electron chi connectivity index (χ2n) is 6.10. The van der Waals surface area contributed by atoms with Crippen LogP contribution in [0.3, 0.4) is 0 Å². The number of anilines is 1. The van der Waals surface area contributed by atoms with Gasteiger partial charge < -0.3 is 15.0 Å². The second kappa shape index (κ2) is 8.21. The monoisotopic (exact) mass is 359 g/mol. The van der Waals surface area contributed by atoms with Gasteiger partial charge in [-0.25, -0.2) is 4.98 Å². The fourth-order valence-corrected chi connectivity index (χ4v) is 3.12. The summed E-state index contributed by atoms with van der Waals surface area (Å²) in [6, 6.07) is 9.00. The molecule has 0 aliphatic carbocycles. The van der Waals surface area contributed by atoms with Gasteiger partial charge in [-0.05, 0) is 49.1 Å². The largest absolute Gasteiger partial charge is 0.496 e. The number of ether oxygens (including phenoxy) is 1. The van der Waals surface area contributed by atoms with E-state index in [1.165, 1.54) is 26.4 Å². The summed E-state index contributed by atoms with van der Waals surface area (Å²) in [6.07, 6.45) is 5.57. The van der Waals surface area contributed by atoms with Crippen LogP contribution in [0.5, 0.6) is 5.75 Å². The Kier molecular flexibility index (Phi) is 5.76. The highest BCUT2D eigenvalue weighted by atomic mass is 35.5. The number of methoxy groups -OCH3 is 1. The van der Waals surface area contributed by atoms with Crippen LogP contribution in [0.4, 0.5) is 5.82 Å². The van der Waals surface area contributed by atoms with E-state index in [1.807, 2.05) is 18.3 Å². The first-order valence-corrected chi connectivity index (χ1v) is 8.87. The van der Waals surface area contributed by atoms with Crippen molar-refractivity contribution < 1.29 is 9.53 Å². The van der Waals surface area contributed by atoms with Crippen molar-refractivity contribution in [2.75, 3.05) is 25.1 Å². The van der Waals surface area contributed by atoms with Gasteiger partial charge in [0.15, 0.2) is 0 Å². The van der Waals surface area contributed by atoms with Crippen molar-refractivity contribution in [1.29, 1.82) is 0 Å². The summed E-state index contributed by atoms with van der Waals surface area (Å²) >= 11 is 5.93. The Balaban J connectivity index is 1.60. The van der Waals surface area contributed by atoms with E-state index in [9.17, 15) is 4.79 Å². The molecule has 1 aliphatic rings. The van der Waals surface area contributed by atoms with Crippen molar-refractivity contribution in [3.05, 3.63) is 52.7 Å². The minimum atomic E-state index is -0.200. The minimum absolute atomic E-state index is 0.200. The molecule has 0 unspecified atom stereocenters. The van der Waals surface area contributed by atoms with E-state index in [-0.39, 0.29) is 5.91 Å². The third kappa shape index (κ3) is 4.42. The van der Waals surface area contributed by atoms with Crippen LogP contribution in [0, 0.1) is 0 Å². The van der Waals surface area contributed by atoms with E-state index in [0.717, 1.165) is 24.5 Å². The van der Waals surface area contributed by atoms with E-state index < -0.39 is 0 Å². The lowest BCUT2D eigenvalue weighted by atomic mass is 10.1. The number of nitrogens with one attached hydrogen (secondary N) is 1. The standard InChI is InChI=1S/C19H22ClN3O2/c1-25-17-11-15(20)6-7-16(17)19(24)22-13-14-5-8-18(21-12-14)23-9-3-2-4-10-23/h5-8,11-12H,2-4,9-10,13H2,1H3,(H,22,24). The average molecular weight is 360 g/mol. The predicted octanol–water partition coefficient (Wildman–Crippen LogP) is 3.66. The maximum absolute atomic E-state index is 12.4. The third-order valence-electron chi connectivity index (χ3n) is 4.35. The summed E-state index contributed by atoms with van der Waals surface area (Å²) in [5, 5.41) is 3.43. The maximum Gasteiger partial charge on any atom is 0.255 e. The first-order valence-electron chi connectivity index (χ1n) is 8.49. The topological polar surface area (TPSA) is 54.5 Å². The molecule has 132 valence electrons. The Morgan fingerprint density at radius 3 is 2.72 bits per heavy atom. The Bertz CT molecular complexity index is 728. The first-order chi connectivity index (χ1) is 12.2. The molecule has 3 rings (SSSR count). The molecule has 1 aliphatic heterocycles. The molecule has 25 heavy (non-hydrogen) atoms. The number of piperidine rings is 1. The molecule has 1 amide bonds. The molecular formula is C19H22ClN3O2. The number of carbonyl (C=O) groups is 1. The Labute approximate surface area is 153 Å². The number of benzene rings is 1. The molecule has 0 saturated carbocycles. The van der Waals surface area contributed by atoms with Gasteiger partial charge in [-0.15, -0.1) is 0 Å². The van der Waals surface area contributed by atoms with Gasteiger partial charge in [0.2, 0.25) is 0 Å². The molecular weight excluding hydrogens is 338 g/mol. The van der Waals surface area contributed by atoms with Crippen molar-refractivity contribution in [3.63, 3.8) is 0 Å². The van der Waals surface area contributed by atoms with Crippen LogP contribution >= 0.6 is 11.6 Å². The number of rotatable bonds is 5. The average Bonchev–Trinajstić information content (AvgIpc) is 2.67. The smallest absolute Gasteiger partial charge is 0.255 e. The van der Waals surface area contributed by atoms with Crippen LogP contribution in [0.15, 0.2) is 36.5 Å². The third-order valence-corrected chi connectivity index (χ3v) is 4.59. The zero-order valence-corrected chi connectivity index (χ0v) is 15.1. The molecule has 0 spiro atoms. The summed E-state index contributed by atoms with van der Waals surface area (Å²) in [7, 11) is 1.52. The molecule has 0 radical (unpaired) electrons. The van der Waals surface area contributed by atoms with Crippen molar-refractivity contribution >= 4 is 23.3 Å². The SMILES string of the molecule is COc1cc(Cl)ccc1C(=O)NCc1ccc(N2CCCCC2)nc1. The van der Waals surface area contributed by atoms with E-state index in [1.54, 1.807) is 18.2 Å². The van der Waals surface area contributed by atoms with Crippen molar-refractivity contribution in [2.24, 2.45) is 0 Å². The fraction of sp³-hybridized carbons (Fsp3) is 0.368. The van der Waals surface area contributed by atoms with Crippen LogP contribution in [-0.2, 0) is 6.54 Å². The van der Waals surface area contributed by atoms with Crippen molar-refractivity contribution in [3.8, 4) is 5.75 Å². The van der Waals surface area contributed by atoms with Crippen LogP contribution in [0.25, 0.3) is 0 Å². The lowest BCUT2D eigenvalue weighted by molar-refractivity contribution is 0.0948. The Hall–Kier alpha value is -2.27. The molecule has 2 aromatic rings. The van der Waals surface area contributed by atoms with Gasteiger partial charge in [-0.1, -0.05) is 17.7 Å². The van der Waals surface area contributed by atoms with Gasteiger partial charge in [-0.3, -0.25) is 4.79 Å². The normalized spacial score (nSPS) is 14.2. The number of aromatic nitrogens is 1. The van der Waals surface area contributed by atoms with Gasteiger partial charge in [0, 0.05) is 30.9 Å². The van der Waals surface area contributed by atoms with E-state index in [2.05, 4.69) is 15.2 Å². The molecule has 1 aromatic carbocycles. The van der Waals surface area contributed by atoms with Crippen LogP contribution in [-0.4, -0.2) is 31.1 Å². The van der Waals surface area contributed by atoms with Crippen LogP contribution in [0.2, 0.25) is 5.02 Å². The Morgan fingerprint density at radius 2 is 2.04 bits per heavy atom. The van der Waals surface area contributed by atoms with Crippen LogP contribution < -0.4 is 15.0 Å². The lowest BCUT2D eigenvalue weighted by Crippen LogP contribution is -2.30. The molecule has 0 atom stereocenters. The summed E-state index contributed by atoms with van der Waals surface area (Å²) in [5.74, 6) is 1.27.